The van der Waals surface area contributed by atoms with Gasteiger partial charge >= 0.3 is 0 Å². The molecular formula is C18H19N5O3. The molecule has 0 aliphatic heterocycles. The summed E-state index contributed by atoms with van der Waals surface area (Å²) in [5.74, 6) is 0.518. The first-order valence-electron chi connectivity index (χ1n) is 8.04. The van der Waals surface area contributed by atoms with Gasteiger partial charge in [-0.2, -0.15) is 0 Å². The van der Waals surface area contributed by atoms with E-state index in [0.29, 0.717) is 12.3 Å². The van der Waals surface area contributed by atoms with Crippen LogP contribution in [0.1, 0.15) is 12.5 Å². The second kappa shape index (κ2) is 8.21. The van der Waals surface area contributed by atoms with Gasteiger partial charge in [-0.15, -0.1) is 5.10 Å². The molecular weight excluding hydrogens is 334 g/mol. The van der Waals surface area contributed by atoms with Crippen LogP contribution in [-0.2, 0) is 16.1 Å². The van der Waals surface area contributed by atoms with Gasteiger partial charge in [0.05, 0.1) is 19.4 Å². The van der Waals surface area contributed by atoms with Gasteiger partial charge in [0.25, 0.3) is 5.91 Å². The van der Waals surface area contributed by atoms with Crippen LogP contribution in [0.2, 0.25) is 0 Å². The molecule has 3 rings (SSSR count). The third-order valence-electron chi connectivity index (χ3n) is 3.73. The van der Waals surface area contributed by atoms with Gasteiger partial charge in [-0.3, -0.25) is 4.79 Å². The van der Waals surface area contributed by atoms with Gasteiger partial charge in [0.15, 0.2) is 0 Å². The number of hydrogen-bond donors (Lipinski definition) is 1. The van der Waals surface area contributed by atoms with Crippen LogP contribution in [0.15, 0.2) is 54.9 Å². The van der Waals surface area contributed by atoms with E-state index in [9.17, 15) is 4.79 Å². The summed E-state index contributed by atoms with van der Waals surface area (Å²) in [5, 5.41) is 13.9. The lowest BCUT2D eigenvalue weighted by Crippen LogP contribution is -2.27. The summed E-state index contributed by atoms with van der Waals surface area (Å²) in [6.07, 6.45) is 0.874. The smallest absolute Gasteiger partial charge is 0.253 e. The number of hydrogen-bond acceptors (Lipinski definition) is 6. The third-order valence-corrected chi connectivity index (χ3v) is 3.73. The van der Waals surface area contributed by atoms with Crippen molar-refractivity contribution in [3.05, 3.63) is 60.4 Å². The van der Waals surface area contributed by atoms with Crippen molar-refractivity contribution < 1.29 is 14.3 Å². The Hall–Kier alpha value is -3.26. The van der Waals surface area contributed by atoms with Crippen molar-refractivity contribution in [2.45, 2.75) is 19.6 Å². The Kier molecular flexibility index (Phi) is 5.55. The minimum Gasteiger partial charge on any atom is -0.497 e. The Bertz CT molecular complexity index is 867. The number of nitrogens with zero attached hydrogens (tertiary/aromatic N) is 4. The summed E-state index contributed by atoms with van der Waals surface area (Å²) >= 11 is 0. The lowest BCUT2D eigenvalue weighted by molar-refractivity contribution is -0.127. The van der Waals surface area contributed by atoms with E-state index in [2.05, 4.69) is 20.8 Å². The van der Waals surface area contributed by atoms with Crippen LogP contribution in [0, 0.1) is 0 Å². The van der Waals surface area contributed by atoms with Crippen LogP contribution in [0.3, 0.4) is 0 Å². The van der Waals surface area contributed by atoms with E-state index in [4.69, 9.17) is 9.47 Å². The fraction of sp³-hybridized carbons (Fsp3) is 0.222. The van der Waals surface area contributed by atoms with E-state index in [1.54, 1.807) is 26.2 Å². The molecule has 0 aliphatic carbocycles. The Labute approximate surface area is 150 Å². The van der Waals surface area contributed by atoms with Crippen LogP contribution in [-0.4, -0.2) is 39.3 Å². The average Bonchev–Trinajstić information content (AvgIpc) is 3.21. The summed E-state index contributed by atoms with van der Waals surface area (Å²) in [7, 11) is 1.61. The normalized spacial score (nSPS) is 11.8. The fourth-order valence-electron chi connectivity index (χ4n) is 2.31. The maximum Gasteiger partial charge on any atom is 0.253 e. The summed E-state index contributed by atoms with van der Waals surface area (Å²) < 4.78 is 12.4. The Morgan fingerprint density at radius 3 is 2.85 bits per heavy atom. The molecule has 0 spiro atoms. The monoisotopic (exact) mass is 353 g/mol. The molecule has 134 valence electrons. The number of carbonyl (C=O) groups is 1. The third kappa shape index (κ3) is 4.42. The molecule has 1 amide bonds. The zero-order chi connectivity index (χ0) is 18.4. The molecule has 26 heavy (non-hydrogen) atoms. The van der Waals surface area contributed by atoms with Crippen molar-refractivity contribution in [3.63, 3.8) is 0 Å². The quantitative estimate of drug-likeness (QED) is 0.700. The number of anilines is 1. The van der Waals surface area contributed by atoms with Gasteiger partial charge in [0.2, 0.25) is 0 Å². The minimum absolute atomic E-state index is 0.234. The zero-order valence-electron chi connectivity index (χ0n) is 14.5. The van der Waals surface area contributed by atoms with Crippen molar-refractivity contribution in [3.8, 4) is 11.4 Å². The Morgan fingerprint density at radius 2 is 2.08 bits per heavy atom. The van der Waals surface area contributed by atoms with Gasteiger partial charge in [0.1, 0.15) is 18.2 Å². The number of amides is 1. The van der Waals surface area contributed by atoms with E-state index in [0.717, 1.165) is 17.0 Å². The van der Waals surface area contributed by atoms with Gasteiger partial charge in [0, 0.05) is 5.69 Å². The summed E-state index contributed by atoms with van der Waals surface area (Å²) in [5.41, 5.74) is 2.32. The molecule has 0 bridgehead atoms. The summed E-state index contributed by atoms with van der Waals surface area (Å²) in [6.45, 7) is 2.02. The van der Waals surface area contributed by atoms with E-state index in [-0.39, 0.29) is 5.91 Å². The Balaban J connectivity index is 1.58. The first-order chi connectivity index (χ1) is 12.7. The highest BCUT2D eigenvalue weighted by Crippen LogP contribution is 2.16. The number of rotatable bonds is 7. The minimum atomic E-state index is -0.613. The van der Waals surface area contributed by atoms with Crippen molar-refractivity contribution in [1.82, 2.24) is 20.2 Å². The van der Waals surface area contributed by atoms with Crippen molar-refractivity contribution in [2.24, 2.45) is 0 Å². The average molecular weight is 353 g/mol. The maximum absolute atomic E-state index is 12.3. The molecule has 8 heteroatoms. The Morgan fingerprint density at radius 1 is 1.23 bits per heavy atom. The predicted octanol–water partition coefficient (Wildman–Crippen LogP) is 2.21. The number of tetrazole rings is 1. The molecule has 1 aromatic heterocycles. The summed E-state index contributed by atoms with van der Waals surface area (Å²) in [4.78, 5) is 12.3. The van der Waals surface area contributed by atoms with Crippen molar-refractivity contribution >= 4 is 11.6 Å². The standard InChI is InChI=1S/C18H19N5O3/c1-13(26-11-14-5-3-8-17(9-14)25-2)18(24)20-15-6-4-7-16(10-15)23-12-19-21-22-23/h3-10,12-13H,11H2,1-2H3,(H,20,24). The fourth-order valence-corrected chi connectivity index (χ4v) is 2.31. The molecule has 1 unspecified atom stereocenters. The molecule has 0 saturated heterocycles. The van der Waals surface area contributed by atoms with Crippen molar-refractivity contribution in [1.29, 1.82) is 0 Å². The number of carbonyl (C=O) groups excluding carboxylic acids is 1. The molecule has 0 aliphatic rings. The second-order valence-electron chi connectivity index (χ2n) is 5.60. The van der Waals surface area contributed by atoms with Crippen molar-refractivity contribution in [2.75, 3.05) is 12.4 Å². The zero-order valence-corrected chi connectivity index (χ0v) is 14.5. The SMILES string of the molecule is COc1cccc(COC(C)C(=O)Nc2cccc(-n3cnnn3)c2)c1. The van der Waals surface area contributed by atoms with Gasteiger partial charge in [-0.25, -0.2) is 4.68 Å². The number of benzene rings is 2. The predicted molar refractivity (Wildman–Crippen MR) is 95.0 cm³/mol. The van der Waals surface area contributed by atoms with Gasteiger partial charge in [-0.1, -0.05) is 18.2 Å². The number of methoxy groups -OCH3 is 1. The van der Waals surface area contributed by atoms with Crippen LogP contribution >= 0.6 is 0 Å². The number of aromatic nitrogens is 4. The number of nitrogens with one attached hydrogen (secondary N) is 1. The molecule has 1 atom stereocenters. The van der Waals surface area contributed by atoms with Gasteiger partial charge < -0.3 is 14.8 Å². The molecule has 1 heterocycles. The highest BCUT2D eigenvalue weighted by Gasteiger charge is 2.14. The topological polar surface area (TPSA) is 91.2 Å². The first-order valence-corrected chi connectivity index (χ1v) is 8.04. The number of ether oxygens (including phenoxy) is 2. The highest BCUT2D eigenvalue weighted by molar-refractivity contribution is 5.94. The van der Waals surface area contributed by atoms with Crippen LogP contribution in [0.5, 0.6) is 5.75 Å². The molecule has 0 radical (unpaired) electrons. The van der Waals surface area contributed by atoms with E-state index >= 15 is 0 Å². The van der Waals surface area contributed by atoms with Gasteiger partial charge in [-0.05, 0) is 53.2 Å². The van der Waals surface area contributed by atoms with Crippen LogP contribution in [0.4, 0.5) is 5.69 Å². The largest absolute Gasteiger partial charge is 0.497 e. The maximum atomic E-state index is 12.3. The molecule has 8 nitrogen and oxygen atoms in total. The highest BCUT2D eigenvalue weighted by atomic mass is 16.5. The second-order valence-corrected chi connectivity index (χ2v) is 5.60. The molecule has 3 aromatic rings. The van der Waals surface area contributed by atoms with E-state index < -0.39 is 6.10 Å². The van der Waals surface area contributed by atoms with Crippen LogP contribution < -0.4 is 10.1 Å². The molecule has 1 N–H and O–H groups in total. The van der Waals surface area contributed by atoms with Crippen LogP contribution in [0.25, 0.3) is 5.69 Å². The lowest BCUT2D eigenvalue weighted by atomic mass is 10.2. The summed E-state index contributed by atoms with van der Waals surface area (Å²) in [6, 6.07) is 14.8. The molecule has 0 saturated carbocycles. The first kappa shape index (κ1) is 17.6. The lowest BCUT2D eigenvalue weighted by Gasteiger charge is -2.14. The molecule has 0 fully saturated rings. The van der Waals surface area contributed by atoms with E-state index in [1.807, 2.05) is 36.4 Å². The van der Waals surface area contributed by atoms with E-state index in [1.165, 1.54) is 11.0 Å². The molecule has 2 aromatic carbocycles.